The van der Waals surface area contributed by atoms with Gasteiger partial charge in [0.2, 0.25) is 0 Å². The standard InChI is InChI=1S/C19H33N3O3/c1-5-20-18(21-15-14-9-12-25-16(14)19(15,3)4)22-10-7-13(8-11-22)17(23)24-6-2/h13-16H,5-12H2,1-4H3,(H,20,21). The molecule has 0 bridgehead atoms. The normalized spacial score (nSPS) is 32.1. The first-order chi connectivity index (χ1) is 12.0. The summed E-state index contributed by atoms with van der Waals surface area (Å²) in [6, 6.07) is 0.410. The molecule has 0 radical (unpaired) electrons. The first kappa shape index (κ1) is 18.5. The highest BCUT2D eigenvalue weighted by atomic mass is 16.5. The first-order valence-electron chi connectivity index (χ1n) is 9.83. The minimum Gasteiger partial charge on any atom is -0.466 e. The number of fused-ring (bicyclic) bond motifs is 1. The van der Waals surface area contributed by atoms with Crippen molar-refractivity contribution >= 4 is 11.9 Å². The molecule has 0 aromatic heterocycles. The zero-order valence-electron chi connectivity index (χ0n) is 16.1. The number of aliphatic imine (C=N–C) groups is 1. The Labute approximate surface area is 151 Å². The first-order valence-corrected chi connectivity index (χ1v) is 9.83. The summed E-state index contributed by atoms with van der Waals surface area (Å²) in [4.78, 5) is 19.0. The third-order valence-electron chi connectivity index (χ3n) is 6.11. The molecule has 0 aromatic rings. The van der Waals surface area contributed by atoms with E-state index < -0.39 is 0 Å². The molecule has 2 saturated heterocycles. The number of nitrogens with one attached hydrogen (secondary N) is 1. The average Bonchev–Trinajstić information content (AvgIpc) is 3.06. The number of ether oxygens (including phenoxy) is 2. The van der Waals surface area contributed by atoms with Crippen LogP contribution in [-0.2, 0) is 14.3 Å². The van der Waals surface area contributed by atoms with Gasteiger partial charge in [0.15, 0.2) is 5.96 Å². The maximum atomic E-state index is 11.9. The molecule has 0 amide bonds. The SMILES string of the molecule is CCN=C(NC1C2CCOC2C1(C)C)N1CCC(C(=O)OCC)CC1. The van der Waals surface area contributed by atoms with E-state index in [1.165, 1.54) is 0 Å². The summed E-state index contributed by atoms with van der Waals surface area (Å²) in [5, 5.41) is 3.73. The summed E-state index contributed by atoms with van der Waals surface area (Å²) in [6.07, 6.45) is 3.19. The molecular weight excluding hydrogens is 318 g/mol. The number of piperidine rings is 1. The van der Waals surface area contributed by atoms with Crippen LogP contribution in [0.1, 0.15) is 47.0 Å². The fourth-order valence-corrected chi connectivity index (χ4v) is 4.73. The predicted octanol–water partition coefficient (Wildman–Crippen LogP) is 2.04. The van der Waals surface area contributed by atoms with Gasteiger partial charge < -0.3 is 19.7 Å². The lowest BCUT2D eigenvalue weighted by atomic mass is 9.57. The van der Waals surface area contributed by atoms with Crippen molar-refractivity contribution in [3.05, 3.63) is 0 Å². The van der Waals surface area contributed by atoms with Gasteiger partial charge >= 0.3 is 5.97 Å². The van der Waals surface area contributed by atoms with Crippen LogP contribution in [0.5, 0.6) is 0 Å². The number of esters is 1. The van der Waals surface area contributed by atoms with E-state index in [9.17, 15) is 4.79 Å². The van der Waals surface area contributed by atoms with Gasteiger partial charge in [-0.15, -0.1) is 0 Å². The summed E-state index contributed by atoms with van der Waals surface area (Å²) in [7, 11) is 0. The Morgan fingerprint density at radius 1 is 1.28 bits per heavy atom. The lowest BCUT2D eigenvalue weighted by Gasteiger charge is -2.55. The van der Waals surface area contributed by atoms with Gasteiger partial charge in [0, 0.05) is 43.6 Å². The molecule has 1 N–H and O–H groups in total. The lowest BCUT2D eigenvalue weighted by molar-refractivity contribution is -0.149. The van der Waals surface area contributed by atoms with Crippen LogP contribution < -0.4 is 5.32 Å². The average molecular weight is 351 g/mol. The van der Waals surface area contributed by atoms with Crippen molar-refractivity contribution < 1.29 is 14.3 Å². The van der Waals surface area contributed by atoms with Gasteiger partial charge in [0.1, 0.15) is 0 Å². The van der Waals surface area contributed by atoms with Crippen LogP contribution in [0.25, 0.3) is 0 Å². The molecular formula is C19H33N3O3. The van der Waals surface area contributed by atoms with Crippen LogP contribution in [0.3, 0.4) is 0 Å². The number of nitrogens with zero attached hydrogens (tertiary/aromatic N) is 2. The van der Waals surface area contributed by atoms with Crippen LogP contribution >= 0.6 is 0 Å². The van der Waals surface area contributed by atoms with Crippen LogP contribution in [-0.4, -0.2) is 61.8 Å². The van der Waals surface area contributed by atoms with Gasteiger partial charge in [0.05, 0.1) is 18.6 Å². The number of hydrogen-bond acceptors (Lipinski definition) is 4. The van der Waals surface area contributed by atoms with Crippen LogP contribution in [0, 0.1) is 17.3 Å². The van der Waals surface area contributed by atoms with Crippen molar-refractivity contribution in [2.45, 2.75) is 59.1 Å². The Morgan fingerprint density at radius 2 is 2.00 bits per heavy atom. The molecule has 1 aliphatic carbocycles. The van der Waals surface area contributed by atoms with Gasteiger partial charge in [-0.05, 0) is 33.1 Å². The third-order valence-corrected chi connectivity index (χ3v) is 6.11. The van der Waals surface area contributed by atoms with Gasteiger partial charge in [-0.25, -0.2) is 0 Å². The zero-order valence-corrected chi connectivity index (χ0v) is 16.1. The summed E-state index contributed by atoms with van der Waals surface area (Å²) in [5.41, 5.74) is 0.138. The summed E-state index contributed by atoms with van der Waals surface area (Å²) >= 11 is 0. The second kappa shape index (κ2) is 7.52. The number of hydrogen-bond donors (Lipinski definition) is 1. The summed E-state index contributed by atoms with van der Waals surface area (Å²) in [6.45, 7) is 12.3. The van der Waals surface area contributed by atoms with E-state index in [-0.39, 0.29) is 17.3 Å². The predicted molar refractivity (Wildman–Crippen MR) is 97.5 cm³/mol. The number of rotatable bonds is 4. The molecule has 142 valence electrons. The highest BCUT2D eigenvalue weighted by Crippen LogP contribution is 2.52. The topological polar surface area (TPSA) is 63.2 Å². The molecule has 3 rings (SSSR count). The van der Waals surface area contributed by atoms with E-state index in [4.69, 9.17) is 14.5 Å². The van der Waals surface area contributed by atoms with E-state index in [1.807, 2.05) is 6.92 Å². The molecule has 3 aliphatic rings. The van der Waals surface area contributed by atoms with Crippen molar-refractivity contribution in [3.63, 3.8) is 0 Å². The summed E-state index contributed by atoms with van der Waals surface area (Å²) < 4.78 is 11.1. The number of likely N-dealkylation sites (tertiary alicyclic amines) is 1. The van der Waals surface area contributed by atoms with Gasteiger partial charge in [-0.2, -0.15) is 0 Å². The zero-order chi connectivity index (χ0) is 18.0. The molecule has 3 atom stereocenters. The summed E-state index contributed by atoms with van der Waals surface area (Å²) in [5.74, 6) is 1.57. The third kappa shape index (κ3) is 3.50. The molecule has 2 aliphatic heterocycles. The second-order valence-corrected chi connectivity index (χ2v) is 8.00. The van der Waals surface area contributed by atoms with E-state index in [0.717, 1.165) is 51.5 Å². The van der Waals surface area contributed by atoms with Crippen LogP contribution in [0.4, 0.5) is 0 Å². The molecule has 6 heteroatoms. The molecule has 3 unspecified atom stereocenters. The number of carbonyl (C=O) groups is 1. The molecule has 25 heavy (non-hydrogen) atoms. The van der Waals surface area contributed by atoms with Crippen molar-refractivity contribution in [1.82, 2.24) is 10.2 Å². The quantitative estimate of drug-likeness (QED) is 0.477. The van der Waals surface area contributed by atoms with Gasteiger partial charge in [-0.1, -0.05) is 13.8 Å². The van der Waals surface area contributed by atoms with Crippen LogP contribution in [0.15, 0.2) is 4.99 Å². The highest BCUT2D eigenvalue weighted by molar-refractivity contribution is 5.81. The van der Waals surface area contributed by atoms with Crippen molar-refractivity contribution in [1.29, 1.82) is 0 Å². The number of guanidine groups is 1. The Hall–Kier alpha value is -1.30. The van der Waals surface area contributed by atoms with Crippen molar-refractivity contribution in [2.75, 3.05) is 32.8 Å². The lowest BCUT2D eigenvalue weighted by Crippen LogP contribution is -2.68. The Kier molecular flexibility index (Phi) is 5.56. The minimum atomic E-state index is -0.0461. The van der Waals surface area contributed by atoms with Gasteiger partial charge in [0.25, 0.3) is 0 Å². The molecule has 3 fully saturated rings. The highest BCUT2D eigenvalue weighted by Gasteiger charge is 2.59. The maximum Gasteiger partial charge on any atom is 0.309 e. The Bertz CT molecular complexity index is 512. The fourth-order valence-electron chi connectivity index (χ4n) is 4.73. The Morgan fingerprint density at radius 3 is 2.64 bits per heavy atom. The van der Waals surface area contributed by atoms with Crippen LogP contribution in [0.2, 0.25) is 0 Å². The minimum absolute atomic E-state index is 0.0341. The smallest absolute Gasteiger partial charge is 0.309 e. The molecule has 0 aromatic carbocycles. The van der Waals surface area contributed by atoms with E-state index in [1.54, 1.807) is 0 Å². The molecule has 1 saturated carbocycles. The monoisotopic (exact) mass is 351 g/mol. The number of carbonyl (C=O) groups excluding carboxylic acids is 1. The maximum absolute atomic E-state index is 11.9. The largest absolute Gasteiger partial charge is 0.466 e. The molecule has 2 heterocycles. The van der Waals surface area contributed by atoms with Crippen molar-refractivity contribution in [2.24, 2.45) is 22.2 Å². The Balaban J connectivity index is 1.59. The second-order valence-electron chi connectivity index (χ2n) is 8.00. The van der Waals surface area contributed by atoms with E-state index >= 15 is 0 Å². The van der Waals surface area contributed by atoms with Crippen molar-refractivity contribution in [3.8, 4) is 0 Å². The molecule has 6 nitrogen and oxygen atoms in total. The van der Waals surface area contributed by atoms with E-state index in [2.05, 4.69) is 31.0 Å². The molecule has 0 spiro atoms. The fraction of sp³-hybridized carbons (Fsp3) is 0.895. The van der Waals surface area contributed by atoms with E-state index in [0.29, 0.717) is 24.7 Å². The van der Waals surface area contributed by atoms with Gasteiger partial charge in [-0.3, -0.25) is 9.79 Å².